The highest BCUT2D eigenvalue weighted by atomic mass is 16.3. The average molecular weight is 222 g/mol. The van der Waals surface area contributed by atoms with Crippen LogP contribution in [-0.2, 0) is 0 Å². The van der Waals surface area contributed by atoms with Gasteiger partial charge in [0, 0.05) is 5.56 Å². The van der Waals surface area contributed by atoms with Gasteiger partial charge in [-0.25, -0.2) is 0 Å². The molecule has 1 heteroatoms. The highest BCUT2D eigenvalue weighted by Gasteiger charge is 2.07. The highest BCUT2D eigenvalue weighted by Crippen LogP contribution is 2.23. The fourth-order valence-electron chi connectivity index (χ4n) is 1.76. The Morgan fingerprint density at radius 3 is 2.65 bits per heavy atom. The summed E-state index contributed by atoms with van der Waals surface area (Å²) in [6, 6.07) is 13.8. The summed E-state index contributed by atoms with van der Waals surface area (Å²) < 4.78 is 0. The Morgan fingerprint density at radius 1 is 1.18 bits per heavy atom. The molecule has 17 heavy (non-hydrogen) atoms. The van der Waals surface area contributed by atoms with Crippen molar-refractivity contribution in [2.24, 2.45) is 0 Å². The number of allylic oxidation sites excluding steroid dienone is 1. The maximum atomic E-state index is 10.1. The predicted molar refractivity (Wildman–Crippen MR) is 71.5 cm³/mol. The molecule has 1 N–H and O–H groups in total. The molecule has 0 radical (unpaired) electrons. The Labute approximate surface area is 101 Å². The van der Waals surface area contributed by atoms with E-state index in [4.69, 9.17) is 0 Å². The number of fused-ring (bicyclic) bond motifs is 1. The number of rotatable bonds is 1. The first kappa shape index (κ1) is 11.4. The monoisotopic (exact) mass is 222 g/mol. The van der Waals surface area contributed by atoms with E-state index in [0.29, 0.717) is 0 Å². The quantitative estimate of drug-likeness (QED) is 0.733. The van der Waals surface area contributed by atoms with Crippen molar-refractivity contribution in [2.75, 3.05) is 0 Å². The molecular formula is C16H14O. The molecule has 0 unspecified atom stereocenters. The van der Waals surface area contributed by atoms with Gasteiger partial charge in [-0.15, -0.1) is 0 Å². The number of hydrogen-bond donors (Lipinski definition) is 1. The van der Waals surface area contributed by atoms with Crippen molar-refractivity contribution in [2.45, 2.75) is 13.0 Å². The lowest BCUT2D eigenvalue weighted by molar-refractivity contribution is 0.240. The molecule has 0 aliphatic carbocycles. The molecule has 0 amide bonds. The fourth-order valence-corrected chi connectivity index (χ4v) is 1.76. The maximum Gasteiger partial charge on any atom is 0.141 e. The van der Waals surface area contributed by atoms with Crippen LogP contribution in [-0.4, -0.2) is 5.11 Å². The lowest BCUT2D eigenvalue weighted by atomic mass is 10.0. The van der Waals surface area contributed by atoms with Crippen LogP contribution in [0.4, 0.5) is 0 Å². The van der Waals surface area contributed by atoms with Gasteiger partial charge in [0.2, 0.25) is 0 Å². The van der Waals surface area contributed by atoms with E-state index in [0.717, 1.165) is 21.9 Å². The van der Waals surface area contributed by atoms with E-state index >= 15 is 0 Å². The van der Waals surface area contributed by atoms with Crippen molar-refractivity contribution in [3.05, 3.63) is 60.2 Å². The van der Waals surface area contributed by atoms with Crippen LogP contribution in [0.2, 0.25) is 0 Å². The summed E-state index contributed by atoms with van der Waals surface area (Å²) in [6.45, 7) is 5.52. The summed E-state index contributed by atoms with van der Waals surface area (Å²) in [5.41, 5.74) is 1.60. The number of aliphatic hydroxyl groups excluding tert-OH is 1. The fraction of sp³-hybridized carbons (Fsp3) is 0.125. The summed E-state index contributed by atoms with van der Waals surface area (Å²) in [5.74, 6) is 5.61. The standard InChI is InChI=1S/C16H14O/c1-12(2)10-11-16(17)15-9-5-7-13-6-3-4-8-14(13)15/h3-9,16-17H,1H2,2H3/t16-/m0/s1. The van der Waals surface area contributed by atoms with Gasteiger partial charge in [-0.05, 0) is 23.3 Å². The third-order valence-electron chi connectivity index (χ3n) is 2.54. The van der Waals surface area contributed by atoms with Crippen LogP contribution in [0.3, 0.4) is 0 Å². The molecule has 0 aromatic heterocycles. The SMILES string of the molecule is C=C(C)C#C[C@H](O)c1cccc2ccccc12. The van der Waals surface area contributed by atoms with Gasteiger partial charge in [-0.1, -0.05) is 60.9 Å². The first-order chi connectivity index (χ1) is 8.18. The molecule has 0 saturated heterocycles. The molecule has 1 atom stereocenters. The van der Waals surface area contributed by atoms with Crippen molar-refractivity contribution in [3.63, 3.8) is 0 Å². The molecule has 0 bridgehead atoms. The van der Waals surface area contributed by atoms with Gasteiger partial charge in [0.05, 0.1) is 0 Å². The Hall–Kier alpha value is -2.04. The minimum Gasteiger partial charge on any atom is -0.376 e. The van der Waals surface area contributed by atoms with Crippen LogP contribution >= 0.6 is 0 Å². The summed E-state index contributed by atoms with van der Waals surface area (Å²) in [6.07, 6.45) is -0.766. The molecule has 2 aromatic carbocycles. The summed E-state index contributed by atoms with van der Waals surface area (Å²) in [4.78, 5) is 0. The molecule has 0 aliphatic heterocycles. The van der Waals surface area contributed by atoms with E-state index in [9.17, 15) is 5.11 Å². The second-order valence-corrected chi connectivity index (χ2v) is 4.02. The summed E-state index contributed by atoms with van der Waals surface area (Å²) in [5, 5.41) is 12.2. The largest absolute Gasteiger partial charge is 0.376 e. The van der Waals surface area contributed by atoms with E-state index < -0.39 is 6.10 Å². The van der Waals surface area contributed by atoms with Gasteiger partial charge >= 0.3 is 0 Å². The van der Waals surface area contributed by atoms with Gasteiger partial charge in [0.1, 0.15) is 6.10 Å². The Balaban J connectivity index is 2.49. The van der Waals surface area contributed by atoms with Gasteiger partial charge in [0.15, 0.2) is 0 Å². The number of aliphatic hydroxyl groups is 1. The maximum absolute atomic E-state index is 10.1. The molecule has 0 spiro atoms. The number of benzene rings is 2. The van der Waals surface area contributed by atoms with Gasteiger partial charge < -0.3 is 5.11 Å². The Bertz CT molecular complexity index is 609. The van der Waals surface area contributed by atoms with Crippen LogP contribution in [0.15, 0.2) is 54.6 Å². The van der Waals surface area contributed by atoms with Gasteiger partial charge in [-0.2, -0.15) is 0 Å². The average Bonchev–Trinajstić information content (AvgIpc) is 2.35. The van der Waals surface area contributed by atoms with E-state index in [1.807, 2.05) is 49.4 Å². The minimum absolute atomic E-state index is 0.754. The van der Waals surface area contributed by atoms with Crippen LogP contribution in [0.25, 0.3) is 10.8 Å². The van der Waals surface area contributed by atoms with Crippen LogP contribution < -0.4 is 0 Å². The lowest BCUT2D eigenvalue weighted by Gasteiger charge is -2.08. The second-order valence-electron chi connectivity index (χ2n) is 4.02. The third kappa shape index (κ3) is 2.55. The smallest absolute Gasteiger partial charge is 0.141 e. The topological polar surface area (TPSA) is 20.2 Å². The van der Waals surface area contributed by atoms with E-state index in [1.165, 1.54) is 0 Å². The zero-order chi connectivity index (χ0) is 12.3. The molecule has 1 nitrogen and oxygen atoms in total. The highest BCUT2D eigenvalue weighted by molar-refractivity contribution is 5.86. The van der Waals surface area contributed by atoms with Crippen molar-refractivity contribution >= 4 is 10.8 Å². The zero-order valence-electron chi connectivity index (χ0n) is 9.77. The normalized spacial score (nSPS) is 11.6. The Morgan fingerprint density at radius 2 is 1.88 bits per heavy atom. The first-order valence-electron chi connectivity index (χ1n) is 5.51. The van der Waals surface area contributed by atoms with Gasteiger partial charge in [-0.3, -0.25) is 0 Å². The van der Waals surface area contributed by atoms with Crippen LogP contribution in [0.5, 0.6) is 0 Å². The van der Waals surface area contributed by atoms with E-state index in [-0.39, 0.29) is 0 Å². The molecule has 84 valence electrons. The van der Waals surface area contributed by atoms with Gasteiger partial charge in [0.25, 0.3) is 0 Å². The zero-order valence-corrected chi connectivity index (χ0v) is 9.77. The predicted octanol–water partition coefficient (Wildman–Crippen LogP) is 3.45. The van der Waals surface area contributed by atoms with Crippen molar-refractivity contribution < 1.29 is 5.11 Å². The van der Waals surface area contributed by atoms with Crippen molar-refractivity contribution in [1.29, 1.82) is 0 Å². The van der Waals surface area contributed by atoms with E-state index in [1.54, 1.807) is 0 Å². The molecule has 0 saturated carbocycles. The molecule has 0 heterocycles. The Kier molecular flexibility index (Phi) is 3.27. The summed E-state index contributed by atoms with van der Waals surface area (Å²) in [7, 11) is 0. The van der Waals surface area contributed by atoms with Crippen LogP contribution in [0.1, 0.15) is 18.6 Å². The molecule has 2 rings (SSSR count). The lowest BCUT2D eigenvalue weighted by Crippen LogP contribution is -1.94. The van der Waals surface area contributed by atoms with E-state index in [2.05, 4.69) is 18.4 Å². The third-order valence-corrected chi connectivity index (χ3v) is 2.54. The minimum atomic E-state index is -0.766. The van der Waals surface area contributed by atoms with Crippen molar-refractivity contribution in [1.82, 2.24) is 0 Å². The number of hydrogen-bond acceptors (Lipinski definition) is 1. The first-order valence-corrected chi connectivity index (χ1v) is 5.51. The summed E-state index contributed by atoms with van der Waals surface area (Å²) >= 11 is 0. The second kappa shape index (κ2) is 4.86. The molecule has 0 fully saturated rings. The molecule has 0 aliphatic rings. The van der Waals surface area contributed by atoms with Crippen LogP contribution in [0, 0.1) is 11.8 Å². The van der Waals surface area contributed by atoms with Crippen molar-refractivity contribution in [3.8, 4) is 11.8 Å². The molecule has 2 aromatic rings. The molecular weight excluding hydrogens is 208 g/mol.